The molecular weight excluding hydrogens is 278 g/mol. The van der Waals surface area contributed by atoms with Gasteiger partial charge in [0, 0.05) is 30.1 Å². The normalized spacial score (nSPS) is 19.9. The number of carbonyl (C=O) groups excluding carboxylic acids is 2. The molecule has 0 radical (unpaired) electrons. The molecule has 0 atom stereocenters. The first-order chi connectivity index (χ1) is 10.8. The van der Waals surface area contributed by atoms with Crippen molar-refractivity contribution >= 4 is 11.7 Å². The minimum atomic E-state index is 0.0277. The molecule has 1 aliphatic heterocycles. The Labute approximate surface area is 131 Å². The molecule has 1 aromatic rings. The summed E-state index contributed by atoms with van der Waals surface area (Å²) >= 11 is 0. The van der Waals surface area contributed by atoms with E-state index in [0.29, 0.717) is 31.9 Å². The van der Waals surface area contributed by atoms with Crippen molar-refractivity contribution in [3.05, 3.63) is 35.4 Å². The molecule has 1 heterocycles. The van der Waals surface area contributed by atoms with Gasteiger partial charge >= 0.3 is 0 Å². The summed E-state index contributed by atoms with van der Waals surface area (Å²) in [6.45, 7) is 2.48. The van der Waals surface area contributed by atoms with Crippen LogP contribution in [-0.4, -0.2) is 42.9 Å². The average Bonchev–Trinajstić information content (AvgIpc) is 2.62. The van der Waals surface area contributed by atoms with Crippen molar-refractivity contribution < 1.29 is 14.3 Å². The number of carbonyl (C=O) groups is 2. The van der Waals surface area contributed by atoms with E-state index in [4.69, 9.17) is 4.74 Å². The van der Waals surface area contributed by atoms with Crippen molar-refractivity contribution in [1.29, 1.82) is 0 Å². The van der Waals surface area contributed by atoms with E-state index >= 15 is 0 Å². The van der Waals surface area contributed by atoms with Gasteiger partial charge in [-0.05, 0) is 25.0 Å². The SMILES string of the molecule is O=C(c1ccc(C(=O)N2CCOCC2)cc1)C1CCCCC1. The molecule has 2 fully saturated rings. The molecule has 0 bridgehead atoms. The number of nitrogens with zero attached hydrogens (tertiary/aromatic N) is 1. The molecular formula is C18H23NO3. The van der Waals surface area contributed by atoms with Crippen LogP contribution < -0.4 is 0 Å². The minimum Gasteiger partial charge on any atom is -0.378 e. The van der Waals surface area contributed by atoms with Crippen LogP contribution in [-0.2, 0) is 4.74 Å². The molecule has 1 saturated heterocycles. The first-order valence-electron chi connectivity index (χ1n) is 8.27. The van der Waals surface area contributed by atoms with Crippen molar-refractivity contribution in [3.63, 3.8) is 0 Å². The largest absolute Gasteiger partial charge is 0.378 e. The highest BCUT2D eigenvalue weighted by Gasteiger charge is 2.23. The molecule has 1 aromatic carbocycles. The van der Waals surface area contributed by atoms with Crippen LogP contribution in [0, 0.1) is 5.92 Å². The van der Waals surface area contributed by atoms with E-state index in [-0.39, 0.29) is 17.6 Å². The van der Waals surface area contributed by atoms with Gasteiger partial charge in [0.1, 0.15) is 0 Å². The van der Waals surface area contributed by atoms with Crippen LogP contribution in [0.1, 0.15) is 52.8 Å². The van der Waals surface area contributed by atoms with E-state index < -0.39 is 0 Å². The van der Waals surface area contributed by atoms with Crippen LogP contribution in [0.2, 0.25) is 0 Å². The third-order valence-electron chi connectivity index (χ3n) is 4.69. The van der Waals surface area contributed by atoms with E-state index in [1.807, 2.05) is 17.0 Å². The minimum absolute atomic E-state index is 0.0277. The summed E-state index contributed by atoms with van der Waals surface area (Å²) in [4.78, 5) is 26.6. The second-order valence-electron chi connectivity index (χ2n) is 6.18. The third-order valence-corrected chi connectivity index (χ3v) is 4.69. The number of morpholine rings is 1. The van der Waals surface area contributed by atoms with Gasteiger partial charge in [0.15, 0.2) is 5.78 Å². The van der Waals surface area contributed by atoms with E-state index in [1.54, 1.807) is 12.1 Å². The lowest BCUT2D eigenvalue weighted by Gasteiger charge is -2.27. The summed E-state index contributed by atoms with van der Waals surface area (Å²) in [5.41, 5.74) is 1.40. The zero-order valence-corrected chi connectivity index (χ0v) is 12.9. The number of Topliss-reactive ketones (excluding diaryl/α,β-unsaturated/α-hetero) is 1. The van der Waals surface area contributed by atoms with E-state index in [0.717, 1.165) is 31.2 Å². The topological polar surface area (TPSA) is 46.6 Å². The zero-order chi connectivity index (χ0) is 15.4. The summed E-state index contributed by atoms with van der Waals surface area (Å²) in [7, 11) is 0. The predicted molar refractivity (Wildman–Crippen MR) is 84.1 cm³/mol. The van der Waals surface area contributed by atoms with Gasteiger partial charge in [-0.2, -0.15) is 0 Å². The molecule has 2 aliphatic rings. The van der Waals surface area contributed by atoms with Crippen LogP contribution in [0.25, 0.3) is 0 Å². The van der Waals surface area contributed by atoms with Gasteiger partial charge < -0.3 is 9.64 Å². The van der Waals surface area contributed by atoms with Gasteiger partial charge in [0.2, 0.25) is 0 Å². The molecule has 0 spiro atoms. The third kappa shape index (κ3) is 3.38. The maximum Gasteiger partial charge on any atom is 0.254 e. The highest BCUT2D eigenvalue weighted by molar-refractivity contribution is 6.00. The van der Waals surface area contributed by atoms with Crippen LogP contribution in [0.15, 0.2) is 24.3 Å². The molecule has 1 aliphatic carbocycles. The van der Waals surface area contributed by atoms with Crippen molar-refractivity contribution in [2.75, 3.05) is 26.3 Å². The maximum absolute atomic E-state index is 12.5. The van der Waals surface area contributed by atoms with E-state index in [1.165, 1.54) is 6.42 Å². The van der Waals surface area contributed by atoms with Gasteiger partial charge in [0.25, 0.3) is 5.91 Å². The number of hydrogen-bond acceptors (Lipinski definition) is 3. The predicted octanol–water partition coefficient (Wildman–Crippen LogP) is 2.92. The van der Waals surface area contributed by atoms with Crippen LogP contribution >= 0.6 is 0 Å². The molecule has 4 nitrogen and oxygen atoms in total. The Kier molecular flexibility index (Phi) is 4.88. The van der Waals surface area contributed by atoms with Crippen LogP contribution in [0.3, 0.4) is 0 Å². The Balaban J connectivity index is 1.66. The van der Waals surface area contributed by atoms with Gasteiger partial charge in [-0.25, -0.2) is 0 Å². The second-order valence-corrected chi connectivity index (χ2v) is 6.18. The fourth-order valence-corrected chi connectivity index (χ4v) is 3.33. The van der Waals surface area contributed by atoms with E-state index in [9.17, 15) is 9.59 Å². The number of amides is 1. The monoisotopic (exact) mass is 301 g/mol. The molecule has 0 N–H and O–H groups in total. The number of ketones is 1. The van der Waals surface area contributed by atoms with Crippen molar-refractivity contribution in [2.24, 2.45) is 5.92 Å². The lowest BCUT2D eigenvalue weighted by molar-refractivity contribution is 0.0303. The maximum atomic E-state index is 12.5. The van der Waals surface area contributed by atoms with Crippen molar-refractivity contribution in [3.8, 4) is 0 Å². The Hall–Kier alpha value is -1.68. The number of benzene rings is 1. The van der Waals surface area contributed by atoms with Gasteiger partial charge in [-0.3, -0.25) is 9.59 Å². The molecule has 0 unspecified atom stereocenters. The molecule has 1 saturated carbocycles. The lowest BCUT2D eigenvalue weighted by Crippen LogP contribution is -2.40. The quantitative estimate of drug-likeness (QED) is 0.806. The summed E-state index contributed by atoms with van der Waals surface area (Å²) in [6, 6.07) is 7.19. The Morgan fingerprint density at radius 2 is 1.50 bits per heavy atom. The average molecular weight is 301 g/mol. The van der Waals surface area contributed by atoms with Gasteiger partial charge in [-0.1, -0.05) is 31.4 Å². The zero-order valence-electron chi connectivity index (χ0n) is 12.9. The van der Waals surface area contributed by atoms with Gasteiger partial charge in [0.05, 0.1) is 13.2 Å². The summed E-state index contributed by atoms with van der Waals surface area (Å²) in [5.74, 6) is 0.444. The number of hydrogen-bond donors (Lipinski definition) is 0. The molecule has 3 rings (SSSR count). The highest BCUT2D eigenvalue weighted by atomic mass is 16.5. The standard InChI is InChI=1S/C18H23NO3/c20-17(14-4-2-1-3-5-14)15-6-8-16(9-7-15)18(21)19-10-12-22-13-11-19/h6-9,14H,1-5,10-13H2. The van der Waals surface area contributed by atoms with Gasteiger partial charge in [-0.15, -0.1) is 0 Å². The van der Waals surface area contributed by atoms with Crippen molar-refractivity contribution in [1.82, 2.24) is 4.90 Å². The number of rotatable bonds is 3. The molecule has 22 heavy (non-hydrogen) atoms. The summed E-state index contributed by atoms with van der Waals surface area (Å²) in [6.07, 6.45) is 5.57. The Morgan fingerprint density at radius 1 is 0.909 bits per heavy atom. The highest BCUT2D eigenvalue weighted by Crippen LogP contribution is 2.27. The van der Waals surface area contributed by atoms with E-state index in [2.05, 4.69) is 0 Å². The Bertz CT molecular complexity index is 477. The lowest BCUT2D eigenvalue weighted by atomic mass is 9.84. The second kappa shape index (κ2) is 7.05. The molecule has 1 amide bonds. The number of ether oxygens (including phenoxy) is 1. The molecule has 118 valence electrons. The molecule has 0 aromatic heterocycles. The first-order valence-corrected chi connectivity index (χ1v) is 8.27. The molecule has 4 heteroatoms. The first kappa shape index (κ1) is 15.2. The van der Waals surface area contributed by atoms with Crippen LogP contribution in [0.4, 0.5) is 0 Å². The summed E-state index contributed by atoms with van der Waals surface area (Å²) in [5, 5.41) is 0. The fourth-order valence-electron chi connectivity index (χ4n) is 3.33. The van der Waals surface area contributed by atoms with Crippen LogP contribution in [0.5, 0.6) is 0 Å². The Morgan fingerprint density at radius 3 is 2.14 bits per heavy atom. The smallest absolute Gasteiger partial charge is 0.254 e. The summed E-state index contributed by atoms with van der Waals surface area (Å²) < 4.78 is 5.26. The van der Waals surface area contributed by atoms with Crippen molar-refractivity contribution in [2.45, 2.75) is 32.1 Å². The fraction of sp³-hybridized carbons (Fsp3) is 0.556.